The number of hydrogen-bond donors (Lipinski definition) is 1. The molecule has 0 unspecified atom stereocenters. The third-order valence-electron chi connectivity index (χ3n) is 3.38. The summed E-state index contributed by atoms with van der Waals surface area (Å²) in [4.78, 5) is 2.10. The fourth-order valence-electron chi connectivity index (χ4n) is 2.46. The number of halogens is 5. The average molecular weight is 331 g/mol. The largest absolute Gasteiger partial charge is 0.314 e. The molecule has 1 heterocycles. The highest BCUT2D eigenvalue weighted by molar-refractivity contribution is 5.85. The topological polar surface area (TPSA) is 15.3 Å². The molecule has 1 N–H and O–H groups in total. The van der Waals surface area contributed by atoms with E-state index in [4.69, 9.17) is 0 Å². The molecule has 0 aliphatic carbocycles. The van der Waals surface area contributed by atoms with Gasteiger partial charge in [0.15, 0.2) is 11.6 Å². The van der Waals surface area contributed by atoms with Crippen LogP contribution in [0, 0.1) is 17.5 Å². The van der Waals surface area contributed by atoms with Crippen molar-refractivity contribution in [1.29, 1.82) is 0 Å². The minimum atomic E-state index is -1.13. The molecule has 7 heteroatoms. The number of rotatable bonds is 3. The number of nitrogens with one attached hydrogen (secondary N) is 1. The Balaban J connectivity index is 0.00000180. The van der Waals surface area contributed by atoms with Crippen LogP contribution in [-0.4, -0.2) is 31.1 Å². The van der Waals surface area contributed by atoms with Crippen molar-refractivity contribution in [2.45, 2.75) is 19.4 Å². The first-order chi connectivity index (χ1) is 8.63. The Labute approximate surface area is 129 Å². The van der Waals surface area contributed by atoms with Gasteiger partial charge in [0.05, 0.1) is 0 Å². The Morgan fingerprint density at radius 1 is 1.05 bits per heavy atom. The summed E-state index contributed by atoms with van der Waals surface area (Å²) in [7, 11) is 0. The normalized spacial score (nSPS) is 17.0. The molecule has 116 valence electrons. The van der Waals surface area contributed by atoms with Crippen molar-refractivity contribution >= 4 is 24.8 Å². The van der Waals surface area contributed by atoms with Gasteiger partial charge >= 0.3 is 0 Å². The van der Waals surface area contributed by atoms with E-state index in [1.807, 2.05) is 6.92 Å². The molecule has 1 aromatic rings. The van der Waals surface area contributed by atoms with E-state index in [1.54, 1.807) is 0 Å². The van der Waals surface area contributed by atoms with E-state index < -0.39 is 17.5 Å². The van der Waals surface area contributed by atoms with Crippen LogP contribution in [0.15, 0.2) is 12.1 Å². The molecule has 1 aliphatic heterocycles. The molecule has 1 saturated heterocycles. The molecular weight excluding hydrogens is 312 g/mol. The molecule has 2 nitrogen and oxygen atoms in total. The second-order valence-electron chi connectivity index (χ2n) is 4.50. The van der Waals surface area contributed by atoms with Gasteiger partial charge < -0.3 is 5.32 Å². The summed E-state index contributed by atoms with van der Waals surface area (Å²) in [6.45, 7) is 5.17. The zero-order valence-corrected chi connectivity index (χ0v) is 12.8. The SMILES string of the molecule is CC[C@@H](c1cc(F)c(F)cc1F)N1CCNCC1.Cl.Cl. The highest BCUT2D eigenvalue weighted by Crippen LogP contribution is 2.28. The summed E-state index contributed by atoms with van der Waals surface area (Å²) >= 11 is 0. The van der Waals surface area contributed by atoms with Crippen molar-refractivity contribution in [2.24, 2.45) is 0 Å². The van der Waals surface area contributed by atoms with E-state index in [0.717, 1.165) is 32.2 Å². The minimum absolute atomic E-state index is 0. The summed E-state index contributed by atoms with van der Waals surface area (Å²) in [5, 5.41) is 3.21. The first kappa shape index (κ1) is 19.5. The fourth-order valence-corrected chi connectivity index (χ4v) is 2.46. The number of benzene rings is 1. The van der Waals surface area contributed by atoms with Crippen molar-refractivity contribution in [3.8, 4) is 0 Å². The van der Waals surface area contributed by atoms with E-state index in [1.165, 1.54) is 0 Å². The van der Waals surface area contributed by atoms with Crippen LogP contribution in [0.5, 0.6) is 0 Å². The van der Waals surface area contributed by atoms with Gasteiger partial charge in [0.25, 0.3) is 0 Å². The Bertz CT molecular complexity index is 426. The molecule has 0 spiro atoms. The standard InChI is InChI=1S/C13H17F3N2.2ClH/c1-2-13(18-5-3-17-4-6-18)9-7-11(15)12(16)8-10(9)14;;/h7-8,13,17H,2-6H2,1H3;2*1H/t13-;;/m0../s1. The predicted octanol–water partition coefficient (Wildman–Crippen LogP) is 3.30. The maximum Gasteiger partial charge on any atom is 0.161 e. The number of piperazine rings is 1. The molecule has 0 aromatic heterocycles. The van der Waals surface area contributed by atoms with Crippen LogP contribution in [0.3, 0.4) is 0 Å². The van der Waals surface area contributed by atoms with Gasteiger partial charge in [-0.15, -0.1) is 24.8 Å². The minimum Gasteiger partial charge on any atom is -0.314 e. The summed E-state index contributed by atoms with van der Waals surface area (Å²) < 4.78 is 40.0. The maximum atomic E-state index is 13.8. The van der Waals surface area contributed by atoms with Crippen LogP contribution in [0.2, 0.25) is 0 Å². The molecule has 1 aliphatic rings. The molecule has 1 atom stereocenters. The predicted molar refractivity (Wildman–Crippen MR) is 78.3 cm³/mol. The second-order valence-corrected chi connectivity index (χ2v) is 4.50. The highest BCUT2D eigenvalue weighted by atomic mass is 35.5. The highest BCUT2D eigenvalue weighted by Gasteiger charge is 2.24. The van der Waals surface area contributed by atoms with Gasteiger partial charge in [0.1, 0.15) is 5.82 Å². The van der Waals surface area contributed by atoms with Crippen molar-refractivity contribution in [3.05, 3.63) is 35.1 Å². The first-order valence-corrected chi connectivity index (χ1v) is 6.22. The quantitative estimate of drug-likeness (QED) is 0.855. The summed E-state index contributed by atoms with van der Waals surface area (Å²) in [6.07, 6.45) is 0.669. The molecule has 1 aromatic carbocycles. The lowest BCUT2D eigenvalue weighted by atomic mass is 10.0. The molecule has 0 bridgehead atoms. The third-order valence-corrected chi connectivity index (χ3v) is 3.38. The fraction of sp³-hybridized carbons (Fsp3) is 0.538. The lowest BCUT2D eigenvalue weighted by Crippen LogP contribution is -2.45. The van der Waals surface area contributed by atoms with Gasteiger partial charge in [-0.1, -0.05) is 6.92 Å². The Morgan fingerprint density at radius 2 is 1.60 bits per heavy atom. The Kier molecular flexibility index (Phi) is 8.51. The van der Waals surface area contributed by atoms with Crippen LogP contribution in [-0.2, 0) is 0 Å². The van der Waals surface area contributed by atoms with E-state index >= 15 is 0 Å². The zero-order chi connectivity index (χ0) is 13.1. The van der Waals surface area contributed by atoms with Gasteiger partial charge in [-0.3, -0.25) is 4.90 Å². The number of nitrogens with zero attached hydrogens (tertiary/aromatic N) is 1. The van der Waals surface area contributed by atoms with Crippen molar-refractivity contribution < 1.29 is 13.2 Å². The van der Waals surface area contributed by atoms with E-state index in [-0.39, 0.29) is 36.4 Å². The molecule has 1 fully saturated rings. The van der Waals surface area contributed by atoms with Crippen LogP contribution in [0.25, 0.3) is 0 Å². The molecule has 0 radical (unpaired) electrons. The van der Waals surface area contributed by atoms with Crippen LogP contribution >= 0.6 is 24.8 Å². The van der Waals surface area contributed by atoms with Crippen LogP contribution < -0.4 is 5.32 Å². The Morgan fingerprint density at radius 3 is 2.15 bits per heavy atom. The van der Waals surface area contributed by atoms with E-state index in [0.29, 0.717) is 12.5 Å². The molecule has 0 saturated carbocycles. The van der Waals surface area contributed by atoms with Gasteiger partial charge in [0, 0.05) is 43.9 Å². The van der Waals surface area contributed by atoms with Gasteiger partial charge in [0.2, 0.25) is 0 Å². The summed E-state index contributed by atoms with van der Waals surface area (Å²) in [5.74, 6) is -2.79. The van der Waals surface area contributed by atoms with Crippen molar-refractivity contribution in [2.75, 3.05) is 26.2 Å². The maximum absolute atomic E-state index is 13.8. The zero-order valence-electron chi connectivity index (χ0n) is 11.2. The molecule has 2 rings (SSSR count). The summed E-state index contributed by atoms with van der Waals surface area (Å²) in [6, 6.07) is 1.43. The third kappa shape index (κ3) is 4.25. The molecule has 0 amide bonds. The molecular formula is C13H19Cl2F3N2. The van der Waals surface area contributed by atoms with Crippen molar-refractivity contribution in [3.63, 3.8) is 0 Å². The van der Waals surface area contributed by atoms with Crippen molar-refractivity contribution in [1.82, 2.24) is 10.2 Å². The van der Waals surface area contributed by atoms with Crippen LogP contribution in [0.1, 0.15) is 24.9 Å². The monoisotopic (exact) mass is 330 g/mol. The van der Waals surface area contributed by atoms with E-state index in [9.17, 15) is 13.2 Å². The lowest BCUT2D eigenvalue weighted by Gasteiger charge is -2.34. The number of hydrogen-bond acceptors (Lipinski definition) is 2. The van der Waals surface area contributed by atoms with Gasteiger partial charge in [-0.2, -0.15) is 0 Å². The lowest BCUT2D eigenvalue weighted by molar-refractivity contribution is 0.165. The van der Waals surface area contributed by atoms with E-state index in [2.05, 4.69) is 10.2 Å². The first-order valence-electron chi connectivity index (χ1n) is 6.22. The van der Waals surface area contributed by atoms with Crippen LogP contribution in [0.4, 0.5) is 13.2 Å². The molecule has 20 heavy (non-hydrogen) atoms. The Hall–Kier alpha value is -0.490. The van der Waals surface area contributed by atoms with Gasteiger partial charge in [-0.05, 0) is 12.5 Å². The smallest absolute Gasteiger partial charge is 0.161 e. The van der Waals surface area contributed by atoms with Gasteiger partial charge in [-0.25, -0.2) is 13.2 Å². The average Bonchev–Trinajstić information content (AvgIpc) is 2.38. The second kappa shape index (κ2) is 8.72. The summed E-state index contributed by atoms with van der Waals surface area (Å²) in [5.41, 5.74) is 0.248.